The maximum atomic E-state index is 12.9. The molecule has 2 aromatic rings. The number of aromatic amines is 1. The minimum absolute atomic E-state index is 0.0576. The van der Waals surface area contributed by atoms with E-state index in [4.69, 9.17) is 4.74 Å². The fourth-order valence-corrected chi connectivity index (χ4v) is 1.70. The Bertz CT molecular complexity index is 557. The smallest absolute Gasteiger partial charge is 0.226 e. The molecule has 1 N–H and O–H groups in total. The van der Waals surface area contributed by atoms with E-state index < -0.39 is 0 Å². The fraction of sp³-hybridized carbons (Fsp3) is 0.286. The number of ether oxygens (including phenoxy) is 1. The van der Waals surface area contributed by atoms with Crippen molar-refractivity contribution in [1.82, 2.24) is 14.9 Å². The third-order valence-electron chi connectivity index (χ3n) is 2.75. The van der Waals surface area contributed by atoms with Crippen molar-refractivity contribution in [3.63, 3.8) is 0 Å². The van der Waals surface area contributed by atoms with Crippen LogP contribution in [0.4, 0.5) is 4.39 Å². The first kappa shape index (κ1) is 14.0. The standard InChI is InChI=1S/C14H16FN3O2/c1-18(10-13-16-6-7-17-13)14(19)5-8-20-12-4-2-3-11(15)9-12/h2-4,6-7,9H,5,8,10H2,1H3,(H,16,17). The summed E-state index contributed by atoms with van der Waals surface area (Å²) in [6.07, 6.45) is 3.58. The number of hydrogen-bond donors (Lipinski definition) is 1. The number of nitrogens with one attached hydrogen (secondary N) is 1. The van der Waals surface area contributed by atoms with E-state index in [0.29, 0.717) is 12.3 Å². The zero-order valence-electron chi connectivity index (χ0n) is 11.2. The van der Waals surface area contributed by atoms with Gasteiger partial charge in [-0.05, 0) is 12.1 Å². The largest absolute Gasteiger partial charge is 0.493 e. The van der Waals surface area contributed by atoms with Crippen LogP contribution in [0.2, 0.25) is 0 Å². The van der Waals surface area contributed by atoms with Gasteiger partial charge < -0.3 is 14.6 Å². The van der Waals surface area contributed by atoms with Crippen LogP contribution in [0, 0.1) is 5.82 Å². The van der Waals surface area contributed by atoms with E-state index in [9.17, 15) is 9.18 Å². The average Bonchev–Trinajstić information content (AvgIpc) is 2.91. The third-order valence-corrected chi connectivity index (χ3v) is 2.75. The Morgan fingerprint density at radius 3 is 3.05 bits per heavy atom. The van der Waals surface area contributed by atoms with Crippen molar-refractivity contribution in [3.8, 4) is 5.75 Å². The predicted molar refractivity (Wildman–Crippen MR) is 71.6 cm³/mol. The van der Waals surface area contributed by atoms with Crippen molar-refractivity contribution in [2.24, 2.45) is 0 Å². The Morgan fingerprint density at radius 2 is 2.35 bits per heavy atom. The first-order chi connectivity index (χ1) is 9.65. The van der Waals surface area contributed by atoms with Crippen LogP contribution in [0.3, 0.4) is 0 Å². The lowest BCUT2D eigenvalue weighted by Crippen LogP contribution is -2.27. The summed E-state index contributed by atoms with van der Waals surface area (Å²) >= 11 is 0. The number of carbonyl (C=O) groups excluding carboxylic acids is 1. The maximum Gasteiger partial charge on any atom is 0.226 e. The maximum absolute atomic E-state index is 12.9. The number of carbonyl (C=O) groups is 1. The predicted octanol–water partition coefficient (Wildman–Crippen LogP) is 1.98. The number of halogens is 1. The quantitative estimate of drug-likeness (QED) is 0.878. The summed E-state index contributed by atoms with van der Waals surface area (Å²) in [6.45, 7) is 0.635. The summed E-state index contributed by atoms with van der Waals surface area (Å²) in [5.41, 5.74) is 0. The zero-order valence-corrected chi connectivity index (χ0v) is 11.2. The second kappa shape index (κ2) is 6.70. The lowest BCUT2D eigenvalue weighted by Gasteiger charge is -2.15. The molecule has 0 spiro atoms. The average molecular weight is 277 g/mol. The highest BCUT2D eigenvalue weighted by atomic mass is 19.1. The molecule has 0 unspecified atom stereocenters. The van der Waals surface area contributed by atoms with Crippen LogP contribution >= 0.6 is 0 Å². The van der Waals surface area contributed by atoms with Gasteiger partial charge in [-0.15, -0.1) is 0 Å². The fourth-order valence-electron chi connectivity index (χ4n) is 1.70. The summed E-state index contributed by atoms with van der Waals surface area (Å²) in [5, 5.41) is 0. The molecule has 0 bridgehead atoms. The van der Waals surface area contributed by atoms with Gasteiger partial charge in [-0.25, -0.2) is 9.37 Å². The highest BCUT2D eigenvalue weighted by molar-refractivity contribution is 5.75. The second-order valence-corrected chi connectivity index (χ2v) is 4.34. The van der Waals surface area contributed by atoms with Crippen molar-refractivity contribution < 1.29 is 13.9 Å². The van der Waals surface area contributed by atoms with Gasteiger partial charge in [-0.1, -0.05) is 6.07 Å². The molecule has 1 amide bonds. The number of nitrogens with zero attached hydrogens (tertiary/aromatic N) is 2. The number of imidazole rings is 1. The molecule has 1 aromatic heterocycles. The summed E-state index contributed by atoms with van der Waals surface area (Å²) in [6, 6.07) is 5.85. The Morgan fingerprint density at radius 1 is 1.50 bits per heavy atom. The third kappa shape index (κ3) is 4.08. The zero-order chi connectivity index (χ0) is 14.4. The molecule has 0 aliphatic rings. The minimum atomic E-state index is -0.358. The molecule has 0 atom stereocenters. The summed E-state index contributed by atoms with van der Waals surface area (Å²) in [5.74, 6) is 0.736. The molecule has 1 heterocycles. The van der Waals surface area contributed by atoms with Crippen molar-refractivity contribution in [1.29, 1.82) is 0 Å². The van der Waals surface area contributed by atoms with E-state index in [1.165, 1.54) is 12.1 Å². The molecule has 20 heavy (non-hydrogen) atoms. The molecule has 106 valence electrons. The van der Waals surface area contributed by atoms with Gasteiger partial charge in [0.15, 0.2) is 0 Å². The van der Waals surface area contributed by atoms with Crippen molar-refractivity contribution in [2.75, 3.05) is 13.7 Å². The first-order valence-electron chi connectivity index (χ1n) is 6.26. The Kier molecular flexibility index (Phi) is 4.70. The van der Waals surface area contributed by atoms with Gasteiger partial charge in [-0.2, -0.15) is 0 Å². The van der Waals surface area contributed by atoms with Crippen LogP contribution < -0.4 is 4.74 Å². The van der Waals surface area contributed by atoms with Crippen LogP contribution in [0.5, 0.6) is 5.75 Å². The topological polar surface area (TPSA) is 58.2 Å². The number of rotatable bonds is 6. The van der Waals surface area contributed by atoms with Gasteiger partial charge in [0.25, 0.3) is 0 Å². The van der Waals surface area contributed by atoms with Gasteiger partial charge in [0.1, 0.15) is 17.4 Å². The number of amides is 1. The summed E-state index contributed by atoms with van der Waals surface area (Å²) in [7, 11) is 1.70. The summed E-state index contributed by atoms with van der Waals surface area (Å²) < 4.78 is 18.3. The van der Waals surface area contributed by atoms with Crippen molar-refractivity contribution in [3.05, 3.63) is 48.3 Å². The number of aromatic nitrogens is 2. The van der Waals surface area contributed by atoms with E-state index in [0.717, 1.165) is 5.82 Å². The van der Waals surface area contributed by atoms with Crippen LogP contribution in [0.15, 0.2) is 36.7 Å². The molecule has 2 rings (SSSR count). The minimum Gasteiger partial charge on any atom is -0.493 e. The molecule has 1 aromatic carbocycles. The highest BCUT2D eigenvalue weighted by Gasteiger charge is 2.10. The van der Waals surface area contributed by atoms with Crippen LogP contribution in [0.1, 0.15) is 12.2 Å². The normalized spacial score (nSPS) is 10.3. The first-order valence-corrected chi connectivity index (χ1v) is 6.26. The Hall–Kier alpha value is -2.37. The molecular weight excluding hydrogens is 261 g/mol. The highest BCUT2D eigenvalue weighted by Crippen LogP contribution is 2.12. The monoisotopic (exact) mass is 277 g/mol. The Labute approximate surface area is 116 Å². The Balaban J connectivity index is 1.74. The lowest BCUT2D eigenvalue weighted by molar-refractivity contribution is -0.131. The molecule has 6 heteroatoms. The molecule has 0 aliphatic heterocycles. The molecule has 0 aliphatic carbocycles. The van der Waals surface area contributed by atoms with Gasteiger partial charge in [-0.3, -0.25) is 4.79 Å². The van der Waals surface area contributed by atoms with Crippen molar-refractivity contribution in [2.45, 2.75) is 13.0 Å². The van der Waals surface area contributed by atoms with E-state index in [-0.39, 0.29) is 24.8 Å². The molecule has 0 radical (unpaired) electrons. The molecule has 0 saturated heterocycles. The van der Waals surface area contributed by atoms with Crippen LogP contribution in [-0.2, 0) is 11.3 Å². The van der Waals surface area contributed by atoms with E-state index >= 15 is 0 Å². The van der Waals surface area contributed by atoms with E-state index in [1.54, 1.807) is 36.5 Å². The van der Waals surface area contributed by atoms with Gasteiger partial charge >= 0.3 is 0 Å². The molecular formula is C14H16FN3O2. The van der Waals surface area contributed by atoms with Crippen LogP contribution in [-0.4, -0.2) is 34.4 Å². The summed E-state index contributed by atoms with van der Waals surface area (Å²) in [4.78, 5) is 20.4. The number of hydrogen-bond acceptors (Lipinski definition) is 3. The van der Waals surface area contributed by atoms with Crippen molar-refractivity contribution >= 4 is 5.91 Å². The molecule has 0 fully saturated rings. The van der Waals surface area contributed by atoms with Gasteiger partial charge in [0.2, 0.25) is 5.91 Å². The number of H-pyrrole nitrogens is 1. The van der Waals surface area contributed by atoms with Crippen LogP contribution in [0.25, 0.3) is 0 Å². The lowest BCUT2D eigenvalue weighted by atomic mass is 10.3. The molecule has 0 saturated carbocycles. The van der Waals surface area contributed by atoms with Gasteiger partial charge in [0, 0.05) is 25.5 Å². The van der Waals surface area contributed by atoms with E-state index in [1.807, 2.05) is 0 Å². The molecule has 5 nitrogen and oxygen atoms in total. The van der Waals surface area contributed by atoms with E-state index in [2.05, 4.69) is 9.97 Å². The SMILES string of the molecule is CN(Cc1ncc[nH]1)C(=O)CCOc1cccc(F)c1. The second-order valence-electron chi connectivity index (χ2n) is 4.34. The number of benzene rings is 1. The van der Waals surface area contributed by atoms with Gasteiger partial charge in [0.05, 0.1) is 19.6 Å².